The third kappa shape index (κ3) is 4.55. The van der Waals surface area contributed by atoms with Gasteiger partial charge in [-0.05, 0) is 39.8 Å². The Morgan fingerprint density at radius 3 is 2.84 bits per heavy atom. The van der Waals surface area contributed by atoms with Crippen LogP contribution in [0, 0.1) is 12.8 Å². The fourth-order valence-electron chi connectivity index (χ4n) is 3.21. The quantitative estimate of drug-likeness (QED) is 0.841. The second-order valence-corrected chi connectivity index (χ2v) is 6.91. The van der Waals surface area contributed by atoms with Crippen molar-refractivity contribution in [3.8, 4) is 0 Å². The minimum atomic E-state index is 0.696. The molecule has 4 heteroatoms. The Balaban J connectivity index is 1.87. The van der Waals surface area contributed by atoms with Crippen LogP contribution in [0.5, 0.6) is 0 Å². The normalized spacial score (nSPS) is 24.6. The highest BCUT2D eigenvalue weighted by Crippen LogP contribution is 2.24. The number of aryl methyl sites for hydroxylation is 1. The minimum absolute atomic E-state index is 0.696. The summed E-state index contributed by atoms with van der Waals surface area (Å²) in [7, 11) is 4.35. The van der Waals surface area contributed by atoms with Crippen molar-refractivity contribution in [3.05, 3.63) is 16.1 Å². The van der Waals surface area contributed by atoms with Crippen LogP contribution in [-0.4, -0.2) is 36.6 Å². The van der Waals surface area contributed by atoms with Gasteiger partial charge in [-0.15, -0.1) is 11.3 Å². The number of nitrogens with one attached hydrogen (secondary N) is 1. The van der Waals surface area contributed by atoms with Crippen LogP contribution in [0.1, 0.15) is 42.8 Å². The molecule has 0 spiro atoms. The molecule has 0 bridgehead atoms. The molecule has 0 radical (unpaired) electrons. The van der Waals surface area contributed by atoms with Gasteiger partial charge in [0.1, 0.15) is 0 Å². The summed E-state index contributed by atoms with van der Waals surface area (Å²) in [5.41, 5.74) is 1.22. The fourth-order valence-corrected chi connectivity index (χ4v) is 3.81. The van der Waals surface area contributed by atoms with Crippen LogP contribution in [0.3, 0.4) is 0 Å². The number of nitrogens with zero attached hydrogens (tertiary/aromatic N) is 2. The highest BCUT2D eigenvalue weighted by molar-refractivity contribution is 7.09. The molecule has 19 heavy (non-hydrogen) atoms. The second-order valence-electron chi connectivity index (χ2n) is 5.85. The lowest BCUT2D eigenvalue weighted by molar-refractivity contribution is 0.222. The average Bonchev–Trinajstić information content (AvgIpc) is 2.65. The molecule has 1 aromatic rings. The first kappa shape index (κ1) is 14.9. The van der Waals surface area contributed by atoms with Gasteiger partial charge < -0.3 is 10.2 Å². The highest BCUT2D eigenvalue weighted by Gasteiger charge is 2.23. The number of hydrogen-bond donors (Lipinski definition) is 1. The number of hydrogen-bond acceptors (Lipinski definition) is 4. The summed E-state index contributed by atoms with van der Waals surface area (Å²) >= 11 is 1.75. The first-order valence-corrected chi connectivity index (χ1v) is 8.34. The predicted molar refractivity (Wildman–Crippen MR) is 82.6 cm³/mol. The largest absolute Gasteiger partial charge is 0.317 e. The predicted octanol–water partition coefficient (Wildman–Crippen LogP) is 3.05. The Kier molecular flexibility index (Phi) is 5.79. The van der Waals surface area contributed by atoms with Crippen LogP contribution >= 0.6 is 11.3 Å². The lowest BCUT2D eigenvalue weighted by Gasteiger charge is -2.29. The van der Waals surface area contributed by atoms with Crippen molar-refractivity contribution in [2.45, 2.75) is 51.6 Å². The number of rotatable bonds is 5. The molecular weight excluding hydrogens is 254 g/mol. The molecule has 1 aliphatic rings. The van der Waals surface area contributed by atoms with Crippen molar-refractivity contribution in [1.82, 2.24) is 15.2 Å². The Morgan fingerprint density at radius 1 is 1.37 bits per heavy atom. The lowest BCUT2D eigenvalue weighted by Crippen LogP contribution is -2.39. The van der Waals surface area contributed by atoms with E-state index in [0.717, 1.165) is 12.5 Å². The van der Waals surface area contributed by atoms with Crippen molar-refractivity contribution in [2.24, 2.45) is 5.92 Å². The first-order chi connectivity index (χ1) is 9.19. The van der Waals surface area contributed by atoms with Crippen molar-refractivity contribution in [2.75, 3.05) is 20.6 Å². The van der Waals surface area contributed by atoms with Gasteiger partial charge in [0.15, 0.2) is 0 Å². The standard InChI is InChI=1S/C15H27N3S/c1-12-17-14(11-19-12)10-18(3)9-13-7-5-4-6-8-15(13)16-2/h11,13,15-16H,4-10H2,1-3H3. The molecule has 0 aliphatic heterocycles. The Morgan fingerprint density at radius 2 is 2.16 bits per heavy atom. The van der Waals surface area contributed by atoms with E-state index in [-0.39, 0.29) is 0 Å². The van der Waals surface area contributed by atoms with E-state index < -0.39 is 0 Å². The van der Waals surface area contributed by atoms with Crippen LogP contribution in [0.25, 0.3) is 0 Å². The van der Waals surface area contributed by atoms with E-state index in [9.17, 15) is 0 Å². The van der Waals surface area contributed by atoms with Crippen LogP contribution < -0.4 is 5.32 Å². The summed E-state index contributed by atoms with van der Waals surface area (Å²) in [4.78, 5) is 7.00. The highest BCUT2D eigenvalue weighted by atomic mass is 32.1. The summed E-state index contributed by atoms with van der Waals surface area (Å²) in [6.07, 6.45) is 6.89. The topological polar surface area (TPSA) is 28.2 Å². The maximum absolute atomic E-state index is 4.56. The monoisotopic (exact) mass is 281 g/mol. The molecule has 2 unspecified atom stereocenters. The van der Waals surface area contributed by atoms with Gasteiger partial charge in [-0.1, -0.05) is 19.3 Å². The van der Waals surface area contributed by atoms with Crippen LogP contribution in [0.15, 0.2) is 5.38 Å². The molecule has 1 heterocycles. The molecule has 1 aliphatic carbocycles. The average molecular weight is 281 g/mol. The van der Waals surface area contributed by atoms with Gasteiger partial charge in [0, 0.05) is 24.5 Å². The maximum Gasteiger partial charge on any atom is 0.0897 e. The van der Waals surface area contributed by atoms with Crippen molar-refractivity contribution in [1.29, 1.82) is 0 Å². The minimum Gasteiger partial charge on any atom is -0.317 e. The van der Waals surface area contributed by atoms with Crippen LogP contribution in [-0.2, 0) is 6.54 Å². The summed E-state index contributed by atoms with van der Waals surface area (Å²) in [6, 6.07) is 0.696. The van der Waals surface area contributed by atoms with Crippen LogP contribution in [0.4, 0.5) is 0 Å². The Labute approximate surface area is 121 Å². The van der Waals surface area contributed by atoms with Crippen LogP contribution in [0.2, 0.25) is 0 Å². The number of aromatic nitrogens is 1. The summed E-state index contributed by atoms with van der Waals surface area (Å²) in [6.45, 7) is 4.25. The molecule has 1 N–H and O–H groups in total. The van der Waals surface area contributed by atoms with E-state index in [2.05, 4.69) is 41.6 Å². The van der Waals surface area contributed by atoms with E-state index in [0.29, 0.717) is 6.04 Å². The van der Waals surface area contributed by atoms with Gasteiger partial charge in [0.25, 0.3) is 0 Å². The zero-order chi connectivity index (χ0) is 13.7. The zero-order valence-corrected chi connectivity index (χ0v) is 13.3. The molecule has 2 rings (SSSR count). The van der Waals surface area contributed by atoms with Crippen molar-refractivity contribution in [3.63, 3.8) is 0 Å². The fraction of sp³-hybridized carbons (Fsp3) is 0.800. The Hall–Kier alpha value is -0.450. The molecule has 1 aromatic heterocycles. The van der Waals surface area contributed by atoms with E-state index in [1.165, 1.54) is 49.4 Å². The SMILES string of the molecule is CNC1CCCCCC1CN(C)Cc1csc(C)n1. The smallest absolute Gasteiger partial charge is 0.0897 e. The second kappa shape index (κ2) is 7.36. The molecule has 0 amide bonds. The van der Waals surface area contributed by atoms with Gasteiger partial charge in [0.05, 0.1) is 10.7 Å². The van der Waals surface area contributed by atoms with E-state index >= 15 is 0 Å². The van der Waals surface area contributed by atoms with Crippen molar-refractivity contribution < 1.29 is 0 Å². The first-order valence-electron chi connectivity index (χ1n) is 7.46. The van der Waals surface area contributed by atoms with E-state index in [1.807, 2.05) is 0 Å². The van der Waals surface area contributed by atoms with E-state index in [1.54, 1.807) is 11.3 Å². The Bertz CT molecular complexity index is 377. The molecule has 2 atom stereocenters. The van der Waals surface area contributed by atoms with Gasteiger partial charge in [0.2, 0.25) is 0 Å². The molecule has 1 fully saturated rings. The van der Waals surface area contributed by atoms with Crippen molar-refractivity contribution >= 4 is 11.3 Å². The summed E-state index contributed by atoms with van der Waals surface area (Å²) in [5, 5.41) is 6.89. The molecule has 3 nitrogen and oxygen atoms in total. The maximum atomic E-state index is 4.56. The van der Waals surface area contributed by atoms with Gasteiger partial charge in [-0.3, -0.25) is 0 Å². The zero-order valence-electron chi connectivity index (χ0n) is 12.5. The lowest BCUT2D eigenvalue weighted by atomic mass is 9.94. The molecule has 0 saturated heterocycles. The molecular formula is C15H27N3S. The molecule has 1 saturated carbocycles. The number of thiazole rings is 1. The van der Waals surface area contributed by atoms with Gasteiger partial charge >= 0.3 is 0 Å². The third-order valence-electron chi connectivity index (χ3n) is 4.17. The van der Waals surface area contributed by atoms with Gasteiger partial charge in [-0.25, -0.2) is 4.98 Å². The summed E-state index contributed by atoms with van der Waals surface area (Å²) in [5.74, 6) is 0.789. The molecule has 0 aromatic carbocycles. The summed E-state index contributed by atoms with van der Waals surface area (Å²) < 4.78 is 0. The van der Waals surface area contributed by atoms with Gasteiger partial charge in [-0.2, -0.15) is 0 Å². The third-order valence-corrected chi connectivity index (χ3v) is 5.00. The van der Waals surface area contributed by atoms with E-state index in [4.69, 9.17) is 0 Å². The molecule has 108 valence electrons.